The van der Waals surface area contributed by atoms with Crippen molar-refractivity contribution in [3.05, 3.63) is 34.9 Å². The molecule has 1 unspecified atom stereocenters. The van der Waals surface area contributed by atoms with Crippen molar-refractivity contribution in [3.8, 4) is 5.75 Å². The number of phenols is 1. The van der Waals surface area contributed by atoms with Gasteiger partial charge in [-0.3, -0.25) is 4.79 Å². The van der Waals surface area contributed by atoms with Crippen LogP contribution in [0.2, 0.25) is 0 Å². The van der Waals surface area contributed by atoms with Crippen LogP contribution in [0.4, 0.5) is 0 Å². The Labute approximate surface area is 94.0 Å². The van der Waals surface area contributed by atoms with E-state index in [0.29, 0.717) is 0 Å². The largest absolute Gasteiger partial charge is 0.508 e. The summed E-state index contributed by atoms with van der Waals surface area (Å²) >= 11 is 0. The first-order valence-electron chi connectivity index (χ1n) is 5.33. The number of carboxylic acids is 1. The van der Waals surface area contributed by atoms with Gasteiger partial charge < -0.3 is 10.2 Å². The summed E-state index contributed by atoms with van der Waals surface area (Å²) in [5.74, 6) is -0.947. The number of carbonyl (C=O) groups is 1. The highest BCUT2D eigenvalue weighted by molar-refractivity contribution is 5.76. The third-order valence-electron chi connectivity index (χ3n) is 3.08. The molecule has 0 fully saturated rings. The lowest BCUT2D eigenvalue weighted by Gasteiger charge is -2.19. The number of carboxylic acid groups (broad SMARTS) is 1. The maximum absolute atomic E-state index is 10.9. The second-order valence-electron chi connectivity index (χ2n) is 4.16. The average Bonchev–Trinajstić information content (AvgIpc) is 2.27. The summed E-state index contributed by atoms with van der Waals surface area (Å²) in [7, 11) is 0. The number of hydrogen-bond acceptors (Lipinski definition) is 2. The molecule has 0 bridgehead atoms. The van der Waals surface area contributed by atoms with Crippen LogP contribution in [0.25, 0.3) is 6.08 Å². The van der Waals surface area contributed by atoms with E-state index in [1.807, 2.05) is 12.1 Å². The van der Waals surface area contributed by atoms with Crippen molar-refractivity contribution in [1.29, 1.82) is 0 Å². The first-order valence-corrected chi connectivity index (χ1v) is 5.33. The van der Waals surface area contributed by atoms with Gasteiger partial charge in [-0.25, -0.2) is 0 Å². The van der Waals surface area contributed by atoms with E-state index in [-0.39, 0.29) is 5.75 Å². The van der Waals surface area contributed by atoms with Gasteiger partial charge in [0.25, 0.3) is 0 Å². The number of aliphatic carboxylic acids is 1. The summed E-state index contributed by atoms with van der Waals surface area (Å²) in [6, 6.07) is 5.20. The Morgan fingerprint density at radius 2 is 2.12 bits per heavy atom. The Balaban J connectivity index is 2.35. The Bertz CT molecular complexity index is 460. The molecule has 0 amide bonds. The number of benzene rings is 1. The quantitative estimate of drug-likeness (QED) is 0.801. The molecular weight excluding hydrogens is 204 g/mol. The van der Waals surface area contributed by atoms with Crippen LogP contribution in [0.3, 0.4) is 0 Å². The van der Waals surface area contributed by atoms with Gasteiger partial charge in [-0.1, -0.05) is 17.7 Å². The summed E-state index contributed by atoms with van der Waals surface area (Å²) in [5.41, 5.74) is 3.05. The van der Waals surface area contributed by atoms with Gasteiger partial charge in [0.15, 0.2) is 0 Å². The summed E-state index contributed by atoms with van der Waals surface area (Å²) in [5, 5.41) is 18.3. The van der Waals surface area contributed by atoms with E-state index in [2.05, 4.69) is 0 Å². The highest BCUT2D eigenvalue weighted by Gasteiger charge is 2.20. The predicted molar refractivity (Wildman–Crippen MR) is 61.2 cm³/mol. The minimum absolute atomic E-state index is 0.266. The van der Waals surface area contributed by atoms with Crippen LogP contribution in [0.5, 0.6) is 5.75 Å². The Kier molecular flexibility index (Phi) is 2.69. The Morgan fingerprint density at radius 1 is 1.38 bits per heavy atom. The smallest absolute Gasteiger partial charge is 0.310 e. The number of rotatable bonds is 2. The first-order chi connectivity index (χ1) is 7.58. The van der Waals surface area contributed by atoms with Crippen molar-refractivity contribution in [2.45, 2.75) is 19.8 Å². The van der Waals surface area contributed by atoms with E-state index in [9.17, 15) is 9.90 Å². The fraction of sp³-hybridized carbons (Fsp3) is 0.308. The molecule has 84 valence electrons. The third-order valence-corrected chi connectivity index (χ3v) is 3.08. The molecule has 0 heterocycles. The van der Waals surface area contributed by atoms with Gasteiger partial charge in [-0.15, -0.1) is 0 Å². The van der Waals surface area contributed by atoms with Crippen LogP contribution in [0.15, 0.2) is 23.8 Å². The number of phenolic OH excluding ortho intramolecular Hbond substituents is 1. The molecule has 16 heavy (non-hydrogen) atoms. The fourth-order valence-corrected chi connectivity index (χ4v) is 2.00. The van der Waals surface area contributed by atoms with Crippen molar-refractivity contribution in [3.63, 3.8) is 0 Å². The Morgan fingerprint density at radius 3 is 2.81 bits per heavy atom. The molecule has 0 spiro atoms. The van der Waals surface area contributed by atoms with E-state index in [1.165, 1.54) is 0 Å². The summed E-state index contributed by atoms with van der Waals surface area (Å²) in [4.78, 5) is 10.9. The summed E-state index contributed by atoms with van der Waals surface area (Å²) < 4.78 is 0. The highest BCUT2D eigenvalue weighted by Crippen LogP contribution is 2.30. The van der Waals surface area contributed by atoms with E-state index in [1.54, 1.807) is 19.1 Å². The SMILES string of the molecule is CC(C(=O)O)C1=Cc2ccc(O)cc2CC1. The average molecular weight is 218 g/mol. The summed E-state index contributed by atoms with van der Waals surface area (Å²) in [6.45, 7) is 1.71. The highest BCUT2D eigenvalue weighted by atomic mass is 16.4. The molecule has 3 nitrogen and oxygen atoms in total. The standard InChI is InChI=1S/C13H14O3/c1-8(13(15)16)9-2-3-11-7-12(14)5-4-10(11)6-9/h4-8,14H,2-3H2,1H3,(H,15,16). The normalized spacial score (nSPS) is 16.2. The molecule has 2 N–H and O–H groups in total. The van der Waals surface area contributed by atoms with Gasteiger partial charge in [0.2, 0.25) is 0 Å². The van der Waals surface area contributed by atoms with Crippen LogP contribution >= 0.6 is 0 Å². The van der Waals surface area contributed by atoms with Gasteiger partial charge in [0, 0.05) is 0 Å². The topological polar surface area (TPSA) is 57.5 Å². The molecule has 2 rings (SSSR count). The number of aryl methyl sites for hydroxylation is 1. The minimum atomic E-state index is -0.784. The van der Waals surface area contributed by atoms with E-state index in [0.717, 1.165) is 29.5 Å². The fourth-order valence-electron chi connectivity index (χ4n) is 2.00. The molecule has 1 aliphatic rings. The minimum Gasteiger partial charge on any atom is -0.508 e. The molecule has 0 saturated carbocycles. The summed E-state index contributed by atoms with van der Waals surface area (Å²) in [6.07, 6.45) is 3.48. The third kappa shape index (κ3) is 1.94. The molecule has 0 saturated heterocycles. The number of hydrogen-bond donors (Lipinski definition) is 2. The molecule has 3 heteroatoms. The molecule has 1 aromatic rings. The van der Waals surface area contributed by atoms with Crippen LogP contribution in [0, 0.1) is 5.92 Å². The van der Waals surface area contributed by atoms with Gasteiger partial charge in [0.1, 0.15) is 5.75 Å². The van der Waals surface area contributed by atoms with Crippen molar-refractivity contribution >= 4 is 12.0 Å². The monoisotopic (exact) mass is 218 g/mol. The van der Waals surface area contributed by atoms with Crippen LogP contribution in [-0.2, 0) is 11.2 Å². The molecule has 1 aromatic carbocycles. The van der Waals surface area contributed by atoms with Crippen LogP contribution in [0.1, 0.15) is 24.5 Å². The maximum atomic E-state index is 10.9. The van der Waals surface area contributed by atoms with E-state index < -0.39 is 11.9 Å². The lowest BCUT2D eigenvalue weighted by Crippen LogP contribution is -2.14. The lowest BCUT2D eigenvalue weighted by molar-refractivity contribution is -0.139. The van der Waals surface area contributed by atoms with E-state index in [4.69, 9.17) is 5.11 Å². The lowest BCUT2D eigenvalue weighted by atomic mass is 9.86. The van der Waals surface area contributed by atoms with Crippen molar-refractivity contribution < 1.29 is 15.0 Å². The molecular formula is C13H14O3. The van der Waals surface area contributed by atoms with Gasteiger partial charge in [-0.05, 0) is 43.0 Å². The Hall–Kier alpha value is -1.77. The predicted octanol–water partition coefficient (Wildman–Crippen LogP) is 2.44. The van der Waals surface area contributed by atoms with Crippen molar-refractivity contribution in [2.24, 2.45) is 5.92 Å². The van der Waals surface area contributed by atoms with E-state index >= 15 is 0 Å². The molecule has 0 radical (unpaired) electrons. The van der Waals surface area contributed by atoms with Crippen LogP contribution in [-0.4, -0.2) is 16.2 Å². The van der Waals surface area contributed by atoms with Gasteiger partial charge in [0.05, 0.1) is 5.92 Å². The molecule has 0 aliphatic heterocycles. The molecule has 1 aliphatic carbocycles. The maximum Gasteiger partial charge on any atom is 0.310 e. The zero-order valence-electron chi connectivity index (χ0n) is 9.10. The molecule has 0 aromatic heterocycles. The molecule has 1 atom stereocenters. The number of aromatic hydroxyl groups is 1. The van der Waals surface area contributed by atoms with Crippen molar-refractivity contribution in [1.82, 2.24) is 0 Å². The zero-order chi connectivity index (χ0) is 11.7. The van der Waals surface area contributed by atoms with Crippen molar-refractivity contribution in [2.75, 3.05) is 0 Å². The first kappa shape index (κ1) is 10.7. The van der Waals surface area contributed by atoms with Gasteiger partial charge in [-0.2, -0.15) is 0 Å². The van der Waals surface area contributed by atoms with Crippen LogP contribution < -0.4 is 0 Å². The zero-order valence-corrected chi connectivity index (χ0v) is 9.10. The second kappa shape index (κ2) is 4.00. The van der Waals surface area contributed by atoms with Gasteiger partial charge >= 0.3 is 5.97 Å². The second-order valence-corrected chi connectivity index (χ2v) is 4.16. The number of fused-ring (bicyclic) bond motifs is 1.